The van der Waals surface area contributed by atoms with Gasteiger partial charge in [-0.25, -0.2) is 15.0 Å². The molecule has 6 nitrogen and oxygen atoms in total. The van der Waals surface area contributed by atoms with Crippen molar-refractivity contribution in [2.45, 2.75) is 51.1 Å². The number of rotatable bonds is 3. The van der Waals surface area contributed by atoms with Gasteiger partial charge in [-0.1, -0.05) is 48.7 Å². The van der Waals surface area contributed by atoms with Gasteiger partial charge in [0.15, 0.2) is 0 Å². The van der Waals surface area contributed by atoms with Gasteiger partial charge < -0.3 is 4.90 Å². The van der Waals surface area contributed by atoms with E-state index in [0.717, 1.165) is 36.0 Å². The van der Waals surface area contributed by atoms with Gasteiger partial charge in [0.2, 0.25) is 5.95 Å². The predicted molar refractivity (Wildman–Crippen MR) is 135 cm³/mol. The zero-order chi connectivity index (χ0) is 23.2. The maximum Gasteiger partial charge on any atom is 0.267 e. The molecule has 172 valence electrons. The highest BCUT2D eigenvalue weighted by molar-refractivity contribution is 6.35. The Kier molecular flexibility index (Phi) is 5.33. The van der Waals surface area contributed by atoms with Gasteiger partial charge in [-0.3, -0.25) is 9.36 Å². The number of aromatic nitrogens is 4. The van der Waals surface area contributed by atoms with E-state index in [4.69, 9.17) is 21.6 Å². The molecule has 0 unspecified atom stereocenters. The molecule has 3 atom stereocenters. The summed E-state index contributed by atoms with van der Waals surface area (Å²) in [5.74, 6) is 1.98. The maximum absolute atomic E-state index is 13.9. The topological polar surface area (TPSA) is 63.9 Å². The van der Waals surface area contributed by atoms with Gasteiger partial charge in [-0.2, -0.15) is 0 Å². The number of hydrogen-bond donors (Lipinski definition) is 0. The summed E-state index contributed by atoms with van der Waals surface area (Å²) >= 11 is 6.49. The second-order valence-electron chi connectivity index (χ2n) is 9.35. The van der Waals surface area contributed by atoms with Crippen LogP contribution in [0.5, 0.6) is 0 Å². The lowest BCUT2D eigenvalue weighted by molar-refractivity contribution is 0.340. The van der Waals surface area contributed by atoms with Crippen molar-refractivity contribution in [3.8, 4) is 5.69 Å². The van der Waals surface area contributed by atoms with Crippen LogP contribution >= 0.6 is 11.6 Å². The molecule has 0 spiro atoms. The molecule has 34 heavy (non-hydrogen) atoms. The minimum absolute atomic E-state index is 0.105. The molecule has 2 aromatic heterocycles. The van der Waals surface area contributed by atoms with E-state index >= 15 is 0 Å². The Morgan fingerprint density at radius 2 is 1.79 bits per heavy atom. The lowest BCUT2D eigenvalue weighted by Crippen LogP contribution is -2.39. The number of para-hydroxylation sites is 1. The molecule has 6 rings (SSSR count). The molecule has 2 aliphatic rings. The molecule has 0 N–H and O–H groups in total. The minimum Gasteiger partial charge on any atom is -0.327 e. The number of fused-ring (bicyclic) bond motifs is 2. The summed E-state index contributed by atoms with van der Waals surface area (Å²) in [6.45, 7) is 1.99. The van der Waals surface area contributed by atoms with E-state index in [-0.39, 0.29) is 11.6 Å². The monoisotopic (exact) mass is 471 g/mol. The highest BCUT2D eigenvalue weighted by Crippen LogP contribution is 2.47. The third-order valence-electron chi connectivity index (χ3n) is 7.29. The van der Waals surface area contributed by atoms with Crippen molar-refractivity contribution >= 4 is 28.5 Å². The van der Waals surface area contributed by atoms with Crippen LogP contribution in [0.2, 0.25) is 5.02 Å². The quantitative estimate of drug-likeness (QED) is 0.386. The van der Waals surface area contributed by atoms with E-state index in [2.05, 4.69) is 9.88 Å². The fourth-order valence-electron chi connectivity index (χ4n) is 5.80. The second-order valence-corrected chi connectivity index (χ2v) is 9.76. The Hall–Kier alpha value is -3.25. The van der Waals surface area contributed by atoms with Crippen molar-refractivity contribution in [1.82, 2.24) is 19.5 Å². The first-order valence-electron chi connectivity index (χ1n) is 12.0. The number of halogens is 1. The first-order chi connectivity index (χ1) is 16.6. The van der Waals surface area contributed by atoms with Crippen LogP contribution in [0.15, 0.2) is 65.6 Å². The Morgan fingerprint density at radius 1 is 0.971 bits per heavy atom. The molecule has 4 aromatic rings. The smallest absolute Gasteiger partial charge is 0.267 e. The summed E-state index contributed by atoms with van der Waals surface area (Å²) in [4.78, 5) is 30.8. The Labute approximate surface area is 203 Å². The highest BCUT2D eigenvalue weighted by atomic mass is 35.5. The molecule has 2 fully saturated rings. The molecule has 0 radical (unpaired) electrons. The van der Waals surface area contributed by atoms with Crippen molar-refractivity contribution < 1.29 is 0 Å². The van der Waals surface area contributed by atoms with Crippen LogP contribution in [0.3, 0.4) is 0 Å². The second kappa shape index (κ2) is 8.51. The lowest BCUT2D eigenvalue weighted by atomic mass is 9.84. The predicted octanol–water partition coefficient (Wildman–Crippen LogP) is 5.65. The fourth-order valence-corrected chi connectivity index (χ4v) is 6.05. The van der Waals surface area contributed by atoms with Gasteiger partial charge in [-0.15, -0.1) is 0 Å². The Balaban J connectivity index is 1.62. The Bertz CT molecular complexity index is 1420. The zero-order valence-electron chi connectivity index (χ0n) is 19.1. The average Bonchev–Trinajstić information content (AvgIpc) is 3.24. The molecule has 2 aromatic carbocycles. The van der Waals surface area contributed by atoms with E-state index < -0.39 is 0 Å². The van der Waals surface area contributed by atoms with Gasteiger partial charge >= 0.3 is 0 Å². The van der Waals surface area contributed by atoms with Gasteiger partial charge in [-0.05, 0) is 62.4 Å². The first-order valence-corrected chi connectivity index (χ1v) is 12.3. The summed E-state index contributed by atoms with van der Waals surface area (Å²) in [5.41, 5.74) is 2.20. The van der Waals surface area contributed by atoms with Crippen LogP contribution in [-0.2, 0) is 0 Å². The van der Waals surface area contributed by atoms with Gasteiger partial charge in [0.1, 0.15) is 5.82 Å². The van der Waals surface area contributed by atoms with E-state index in [0.29, 0.717) is 27.9 Å². The molecule has 1 saturated carbocycles. The molecule has 1 aliphatic carbocycles. The van der Waals surface area contributed by atoms with E-state index in [1.165, 1.54) is 19.3 Å². The number of anilines is 1. The summed E-state index contributed by atoms with van der Waals surface area (Å²) in [7, 11) is 0. The van der Waals surface area contributed by atoms with Crippen LogP contribution in [0.1, 0.15) is 49.7 Å². The number of nitrogens with zero attached hydrogens (tertiary/aromatic N) is 5. The lowest BCUT2D eigenvalue weighted by Gasteiger charge is -2.34. The Morgan fingerprint density at radius 3 is 2.62 bits per heavy atom. The molecule has 1 aliphatic heterocycles. The van der Waals surface area contributed by atoms with Crippen LogP contribution in [0, 0.1) is 12.8 Å². The maximum atomic E-state index is 13.9. The van der Waals surface area contributed by atoms with Crippen LogP contribution in [0.25, 0.3) is 16.6 Å². The summed E-state index contributed by atoms with van der Waals surface area (Å²) < 4.78 is 1.75. The van der Waals surface area contributed by atoms with E-state index in [1.807, 2.05) is 61.7 Å². The normalized spacial score (nSPS) is 22.2. The summed E-state index contributed by atoms with van der Waals surface area (Å²) in [6, 6.07) is 17.4. The molecular formula is C27H26ClN5O. The van der Waals surface area contributed by atoms with Gasteiger partial charge in [0.05, 0.1) is 27.7 Å². The van der Waals surface area contributed by atoms with Crippen molar-refractivity contribution in [3.63, 3.8) is 0 Å². The van der Waals surface area contributed by atoms with Gasteiger partial charge in [0.25, 0.3) is 5.56 Å². The molecule has 0 bridgehead atoms. The van der Waals surface area contributed by atoms with Crippen molar-refractivity contribution in [1.29, 1.82) is 0 Å². The molecule has 0 amide bonds. The average molecular weight is 472 g/mol. The number of aryl methyl sites for hydroxylation is 1. The number of hydrogen-bond acceptors (Lipinski definition) is 5. The standard InChI is InChI=1S/C27H26ClN5O/c1-17-14-15-29-27(30-17)33-22-13-6-5-8-18(22)16-23(33)25-31-21-12-7-11-20(28)24(21)26(34)32(25)19-9-3-2-4-10-19/h2-4,7,9-12,14-15,18,22-23H,5-6,8,13,16H2,1H3/t18-,22-,23-/m0/s1. The third-order valence-corrected chi connectivity index (χ3v) is 7.60. The van der Waals surface area contributed by atoms with Crippen molar-refractivity contribution in [2.24, 2.45) is 5.92 Å². The minimum atomic E-state index is -0.142. The van der Waals surface area contributed by atoms with Gasteiger partial charge in [0, 0.05) is 17.9 Å². The van der Waals surface area contributed by atoms with Crippen molar-refractivity contribution in [2.75, 3.05) is 4.90 Å². The van der Waals surface area contributed by atoms with Crippen LogP contribution < -0.4 is 10.5 Å². The molecular weight excluding hydrogens is 446 g/mol. The number of benzene rings is 2. The zero-order valence-corrected chi connectivity index (χ0v) is 19.8. The van der Waals surface area contributed by atoms with Crippen molar-refractivity contribution in [3.05, 3.63) is 87.7 Å². The van der Waals surface area contributed by atoms with Crippen LogP contribution in [-0.4, -0.2) is 25.6 Å². The summed E-state index contributed by atoms with van der Waals surface area (Å²) in [6.07, 6.45) is 7.47. The highest BCUT2D eigenvalue weighted by Gasteiger charge is 2.46. The first kappa shape index (κ1) is 21.3. The van der Waals surface area contributed by atoms with E-state index in [1.54, 1.807) is 10.6 Å². The molecule has 1 saturated heterocycles. The summed E-state index contributed by atoms with van der Waals surface area (Å²) in [5, 5.41) is 0.871. The molecule has 3 heterocycles. The largest absolute Gasteiger partial charge is 0.327 e. The van der Waals surface area contributed by atoms with Crippen LogP contribution in [0.4, 0.5) is 5.95 Å². The van der Waals surface area contributed by atoms with E-state index in [9.17, 15) is 4.79 Å². The third kappa shape index (κ3) is 3.48. The SMILES string of the molecule is Cc1ccnc(N2[C@H](c3nc4cccc(Cl)c4c(=O)n3-c3ccccc3)C[C@@H]3CCCC[C@@H]32)n1. The molecule has 7 heteroatoms. The fraction of sp³-hybridized carbons (Fsp3) is 0.333.